The van der Waals surface area contributed by atoms with Crippen LogP contribution in [0.15, 0.2) is 30.3 Å². The number of hydrogen-bond donors (Lipinski definition) is 1. The van der Waals surface area contributed by atoms with Crippen LogP contribution >= 0.6 is 0 Å². The summed E-state index contributed by atoms with van der Waals surface area (Å²) in [7, 11) is 0. The molecule has 2 atom stereocenters. The van der Waals surface area contributed by atoms with Crippen molar-refractivity contribution in [3.8, 4) is 0 Å². The van der Waals surface area contributed by atoms with Crippen LogP contribution in [0, 0.1) is 0 Å². The molecule has 0 unspecified atom stereocenters. The van der Waals surface area contributed by atoms with E-state index >= 15 is 0 Å². The zero-order chi connectivity index (χ0) is 16.5. The second kappa shape index (κ2) is 6.83. The molecule has 0 amide bonds. The third-order valence-electron chi connectivity index (χ3n) is 5.80. The van der Waals surface area contributed by atoms with E-state index in [1.807, 2.05) is 0 Å². The third kappa shape index (κ3) is 2.85. The maximum Gasteiger partial charge on any atom is 0.0948 e. The summed E-state index contributed by atoms with van der Waals surface area (Å²) in [4.78, 5) is 2.35. The number of nitrogens with zero attached hydrogens (tertiary/aromatic N) is 1. The molecule has 24 heavy (non-hydrogen) atoms. The van der Waals surface area contributed by atoms with Gasteiger partial charge in [0.1, 0.15) is 0 Å². The Labute approximate surface area is 144 Å². The highest BCUT2D eigenvalue weighted by Gasteiger charge is 2.27. The van der Waals surface area contributed by atoms with Crippen LogP contribution in [-0.2, 0) is 17.6 Å². The second-order valence-corrected chi connectivity index (χ2v) is 7.19. The van der Waals surface area contributed by atoms with E-state index in [1.165, 1.54) is 41.2 Å². The van der Waals surface area contributed by atoms with Gasteiger partial charge < -0.3 is 9.84 Å². The molecule has 0 spiro atoms. The van der Waals surface area contributed by atoms with Gasteiger partial charge >= 0.3 is 0 Å². The van der Waals surface area contributed by atoms with Gasteiger partial charge in [-0.15, -0.1) is 0 Å². The van der Waals surface area contributed by atoms with E-state index in [1.54, 1.807) is 0 Å². The largest absolute Gasteiger partial charge is 0.387 e. The number of rotatable bonds is 3. The number of aryl methyl sites for hydroxylation is 2. The van der Waals surface area contributed by atoms with Crippen LogP contribution in [0.1, 0.15) is 42.6 Å². The van der Waals surface area contributed by atoms with Crippen molar-refractivity contribution in [3.05, 3.63) is 47.0 Å². The van der Waals surface area contributed by atoms with E-state index in [4.69, 9.17) is 4.74 Å². The highest BCUT2D eigenvalue weighted by atomic mass is 16.5. The maximum atomic E-state index is 11.2. The molecule has 0 aromatic heterocycles. The second-order valence-electron chi connectivity index (χ2n) is 7.19. The van der Waals surface area contributed by atoms with Crippen LogP contribution in [0.2, 0.25) is 0 Å². The van der Waals surface area contributed by atoms with Crippen LogP contribution in [0.3, 0.4) is 0 Å². The molecule has 2 aromatic carbocycles. The van der Waals surface area contributed by atoms with Crippen molar-refractivity contribution < 1.29 is 9.84 Å². The fourth-order valence-corrected chi connectivity index (χ4v) is 4.35. The number of aliphatic hydroxyl groups excluding tert-OH is 1. The first-order valence-corrected chi connectivity index (χ1v) is 9.29. The minimum Gasteiger partial charge on any atom is -0.387 e. The summed E-state index contributed by atoms with van der Waals surface area (Å²) in [6.07, 6.45) is 4.40. The van der Waals surface area contributed by atoms with Gasteiger partial charge in [0.05, 0.1) is 19.3 Å². The topological polar surface area (TPSA) is 32.7 Å². The van der Waals surface area contributed by atoms with Gasteiger partial charge in [0.2, 0.25) is 0 Å². The molecule has 0 saturated carbocycles. The van der Waals surface area contributed by atoms with Gasteiger partial charge in [0, 0.05) is 19.1 Å². The van der Waals surface area contributed by atoms with E-state index < -0.39 is 6.10 Å². The predicted molar refractivity (Wildman–Crippen MR) is 97.4 cm³/mol. The van der Waals surface area contributed by atoms with Gasteiger partial charge in [0.15, 0.2) is 0 Å². The average molecular weight is 325 g/mol. The van der Waals surface area contributed by atoms with Gasteiger partial charge in [-0.2, -0.15) is 0 Å². The summed E-state index contributed by atoms with van der Waals surface area (Å²) in [6, 6.07) is 11.0. The molecule has 2 aromatic rings. The lowest BCUT2D eigenvalue weighted by Crippen LogP contribution is -2.44. The predicted octanol–water partition coefficient (Wildman–Crippen LogP) is 3.47. The summed E-state index contributed by atoms with van der Waals surface area (Å²) in [5.41, 5.74) is 4.06. The number of benzene rings is 2. The van der Waals surface area contributed by atoms with Gasteiger partial charge in [-0.05, 0) is 60.1 Å². The summed E-state index contributed by atoms with van der Waals surface area (Å²) in [5.74, 6) is 0. The molecule has 128 valence electrons. The zero-order valence-corrected chi connectivity index (χ0v) is 14.5. The SMILES string of the molecule is C[C@@H]([C@@H](O)c1cc2c(c3ccccc13)CCCC2)N1CCOCC1. The highest BCUT2D eigenvalue weighted by molar-refractivity contribution is 5.90. The average Bonchev–Trinajstić information content (AvgIpc) is 2.67. The molecule has 0 bridgehead atoms. The normalized spacial score (nSPS) is 21.4. The van der Waals surface area contributed by atoms with Gasteiger partial charge in [0.25, 0.3) is 0 Å². The molecule has 1 heterocycles. The standard InChI is InChI=1S/C21H27NO2/c1-15(22-10-12-24-13-11-22)21(23)20-14-16-6-2-3-7-17(16)18-8-4-5-9-19(18)20/h4-5,8-9,14-15,21,23H,2-3,6-7,10-13H2,1H3/t15-,21+/m0/s1. The van der Waals surface area contributed by atoms with Gasteiger partial charge in [-0.1, -0.05) is 30.3 Å². The molecule has 4 rings (SSSR count). The fourth-order valence-electron chi connectivity index (χ4n) is 4.35. The quantitative estimate of drug-likeness (QED) is 0.938. The summed E-state index contributed by atoms with van der Waals surface area (Å²) >= 11 is 0. The Kier molecular flexibility index (Phi) is 4.57. The Morgan fingerprint density at radius 3 is 2.54 bits per heavy atom. The molecular formula is C21H27NO2. The van der Waals surface area contributed by atoms with E-state index in [2.05, 4.69) is 42.2 Å². The van der Waals surface area contributed by atoms with Crippen molar-refractivity contribution in [1.82, 2.24) is 4.90 Å². The lowest BCUT2D eigenvalue weighted by molar-refractivity contribution is -0.0162. The lowest BCUT2D eigenvalue weighted by Gasteiger charge is -2.35. The van der Waals surface area contributed by atoms with Crippen LogP contribution in [-0.4, -0.2) is 42.4 Å². The summed E-state index contributed by atoms with van der Waals surface area (Å²) < 4.78 is 5.46. The van der Waals surface area contributed by atoms with Crippen LogP contribution < -0.4 is 0 Å². The number of morpholine rings is 1. The first-order chi connectivity index (χ1) is 11.8. The summed E-state index contributed by atoms with van der Waals surface area (Å²) in [6.45, 7) is 5.48. The first-order valence-electron chi connectivity index (χ1n) is 9.29. The van der Waals surface area contributed by atoms with Crippen molar-refractivity contribution in [3.63, 3.8) is 0 Å². The lowest BCUT2D eigenvalue weighted by atomic mass is 9.83. The monoisotopic (exact) mass is 325 g/mol. The molecule has 3 heteroatoms. The third-order valence-corrected chi connectivity index (χ3v) is 5.80. The maximum absolute atomic E-state index is 11.2. The van der Waals surface area contributed by atoms with Crippen LogP contribution in [0.25, 0.3) is 10.8 Å². The molecule has 1 aliphatic carbocycles. The van der Waals surface area contributed by atoms with Crippen LogP contribution in [0.4, 0.5) is 0 Å². The van der Waals surface area contributed by atoms with Crippen molar-refractivity contribution in [2.75, 3.05) is 26.3 Å². The minimum atomic E-state index is -0.458. The van der Waals surface area contributed by atoms with E-state index in [0.29, 0.717) is 0 Å². The molecule has 1 saturated heterocycles. The fraction of sp³-hybridized carbons (Fsp3) is 0.524. The number of ether oxygens (including phenoxy) is 1. The minimum absolute atomic E-state index is 0.110. The Morgan fingerprint density at radius 1 is 1.04 bits per heavy atom. The highest BCUT2D eigenvalue weighted by Crippen LogP contribution is 2.35. The Balaban J connectivity index is 1.75. The molecule has 3 nitrogen and oxygen atoms in total. The molecule has 2 aliphatic rings. The van der Waals surface area contributed by atoms with Crippen molar-refractivity contribution >= 4 is 10.8 Å². The molecular weight excluding hydrogens is 298 g/mol. The van der Waals surface area contributed by atoms with Crippen molar-refractivity contribution in [2.45, 2.75) is 44.8 Å². The van der Waals surface area contributed by atoms with E-state index in [-0.39, 0.29) is 6.04 Å². The van der Waals surface area contributed by atoms with Gasteiger partial charge in [-0.3, -0.25) is 4.90 Å². The smallest absolute Gasteiger partial charge is 0.0948 e. The molecule has 1 fully saturated rings. The number of aliphatic hydroxyl groups is 1. The summed E-state index contributed by atoms with van der Waals surface area (Å²) in [5, 5.41) is 13.7. The number of hydrogen-bond acceptors (Lipinski definition) is 3. The van der Waals surface area contributed by atoms with Gasteiger partial charge in [-0.25, -0.2) is 0 Å². The molecule has 1 N–H and O–H groups in total. The van der Waals surface area contributed by atoms with E-state index in [9.17, 15) is 5.11 Å². The van der Waals surface area contributed by atoms with Crippen molar-refractivity contribution in [1.29, 1.82) is 0 Å². The first kappa shape index (κ1) is 16.1. The Morgan fingerprint density at radius 2 is 1.75 bits per heavy atom. The Bertz CT molecular complexity index is 721. The molecule has 0 radical (unpaired) electrons. The van der Waals surface area contributed by atoms with Crippen LogP contribution in [0.5, 0.6) is 0 Å². The molecule has 1 aliphatic heterocycles. The zero-order valence-electron chi connectivity index (χ0n) is 14.5. The van der Waals surface area contributed by atoms with E-state index in [0.717, 1.165) is 38.3 Å². The number of fused-ring (bicyclic) bond motifs is 3. The van der Waals surface area contributed by atoms with Crippen molar-refractivity contribution in [2.24, 2.45) is 0 Å². The Hall–Kier alpha value is -1.42.